The molecule has 2 aliphatic rings. The van der Waals surface area contributed by atoms with E-state index in [0.29, 0.717) is 11.0 Å². The minimum atomic E-state index is 0.180. The van der Waals surface area contributed by atoms with Crippen LogP contribution in [0, 0.1) is 5.41 Å². The van der Waals surface area contributed by atoms with Gasteiger partial charge in [0.15, 0.2) is 0 Å². The van der Waals surface area contributed by atoms with Crippen molar-refractivity contribution < 1.29 is 4.79 Å². The summed E-state index contributed by atoms with van der Waals surface area (Å²) in [5.41, 5.74) is 0.180. The molecular weight excluding hydrogens is 144 g/mol. The number of thiol groups is 1. The van der Waals surface area contributed by atoms with Crippen LogP contribution in [0.15, 0.2) is 0 Å². The summed E-state index contributed by atoms with van der Waals surface area (Å²) >= 11 is 4.39. The highest BCUT2D eigenvalue weighted by molar-refractivity contribution is 7.80. The summed E-state index contributed by atoms with van der Waals surface area (Å²) in [6, 6.07) is 0. The predicted molar refractivity (Wildman–Crippen MR) is 43.3 cm³/mol. The van der Waals surface area contributed by atoms with Gasteiger partial charge in [-0.25, -0.2) is 0 Å². The van der Waals surface area contributed by atoms with Gasteiger partial charge in [0.2, 0.25) is 0 Å². The zero-order chi connectivity index (χ0) is 7.19. The normalized spacial score (nSPS) is 46.1. The molecular formula is C8H12OS. The van der Waals surface area contributed by atoms with Gasteiger partial charge in [0, 0.05) is 17.1 Å². The Hall–Kier alpha value is 0.0200. The third-order valence-electron chi connectivity index (χ3n) is 2.88. The molecule has 10 heavy (non-hydrogen) atoms. The van der Waals surface area contributed by atoms with Crippen molar-refractivity contribution in [2.45, 2.75) is 37.4 Å². The molecule has 2 aliphatic carbocycles. The summed E-state index contributed by atoms with van der Waals surface area (Å²) < 4.78 is 0. The van der Waals surface area contributed by atoms with Gasteiger partial charge in [-0.3, -0.25) is 4.79 Å². The van der Waals surface area contributed by atoms with Crippen molar-refractivity contribution in [3.8, 4) is 0 Å². The highest BCUT2D eigenvalue weighted by Gasteiger charge is 2.53. The van der Waals surface area contributed by atoms with Crippen LogP contribution in [-0.2, 0) is 4.79 Å². The average Bonchev–Trinajstić information content (AvgIpc) is 2.53. The molecule has 0 heterocycles. The molecule has 2 heteroatoms. The Labute approximate surface area is 66.6 Å². The highest BCUT2D eigenvalue weighted by atomic mass is 32.1. The van der Waals surface area contributed by atoms with E-state index in [1.165, 1.54) is 0 Å². The first-order valence-electron chi connectivity index (χ1n) is 3.94. The first-order valence-corrected chi connectivity index (χ1v) is 4.46. The van der Waals surface area contributed by atoms with E-state index in [9.17, 15) is 4.79 Å². The summed E-state index contributed by atoms with van der Waals surface area (Å²) in [5.74, 6) is 0.507. The second-order valence-electron chi connectivity index (χ2n) is 3.61. The Bertz CT molecular complexity index is 168. The van der Waals surface area contributed by atoms with Crippen molar-refractivity contribution in [3.63, 3.8) is 0 Å². The number of Topliss-reactive ketones (excluding diaryl/α,β-unsaturated/α-hetero) is 1. The van der Waals surface area contributed by atoms with Crippen molar-refractivity contribution in [1.29, 1.82) is 0 Å². The van der Waals surface area contributed by atoms with Crippen molar-refractivity contribution >= 4 is 18.4 Å². The number of rotatable bonds is 0. The van der Waals surface area contributed by atoms with E-state index >= 15 is 0 Å². The van der Waals surface area contributed by atoms with E-state index in [4.69, 9.17) is 0 Å². The van der Waals surface area contributed by atoms with E-state index < -0.39 is 0 Å². The lowest BCUT2D eigenvalue weighted by molar-refractivity contribution is -0.113. The average molecular weight is 156 g/mol. The summed E-state index contributed by atoms with van der Waals surface area (Å²) in [5, 5.41) is 0.569. The molecule has 0 amide bonds. The SMILES string of the molecule is O=C1CC12CCC(S)CC2. The number of ketones is 1. The Kier molecular flexibility index (Phi) is 1.34. The van der Waals surface area contributed by atoms with Gasteiger partial charge in [0.1, 0.15) is 5.78 Å². The molecule has 0 radical (unpaired) electrons. The fourth-order valence-corrected chi connectivity index (χ4v) is 2.13. The number of carbonyl (C=O) groups excluding carboxylic acids is 1. The third-order valence-corrected chi connectivity index (χ3v) is 3.39. The zero-order valence-electron chi connectivity index (χ0n) is 5.97. The van der Waals surface area contributed by atoms with E-state index in [2.05, 4.69) is 12.6 Å². The van der Waals surface area contributed by atoms with Crippen LogP contribution in [0.2, 0.25) is 0 Å². The smallest absolute Gasteiger partial charge is 0.140 e. The predicted octanol–water partition coefficient (Wildman–Crippen LogP) is 1.82. The molecule has 0 atom stereocenters. The van der Waals surface area contributed by atoms with E-state index in [-0.39, 0.29) is 5.41 Å². The van der Waals surface area contributed by atoms with Crippen LogP contribution in [0.1, 0.15) is 32.1 Å². The molecule has 0 aliphatic heterocycles. The fourth-order valence-electron chi connectivity index (χ4n) is 1.87. The summed E-state index contributed by atoms with van der Waals surface area (Å²) in [4.78, 5) is 10.9. The van der Waals surface area contributed by atoms with E-state index in [0.717, 1.165) is 32.1 Å². The van der Waals surface area contributed by atoms with Gasteiger partial charge in [-0.1, -0.05) is 0 Å². The maximum Gasteiger partial charge on any atom is 0.140 e. The summed E-state index contributed by atoms with van der Waals surface area (Å²) in [6.07, 6.45) is 5.39. The largest absolute Gasteiger partial charge is 0.299 e. The van der Waals surface area contributed by atoms with Crippen LogP contribution in [0.25, 0.3) is 0 Å². The molecule has 2 fully saturated rings. The fraction of sp³-hybridized carbons (Fsp3) is 0.875. The molecule has 0 aromatic rings. The lowest BCUT2D eigenvalue weighted by Crippen LogP contribution is -2.16. The Morgan fingerprint density at radius 3 is 2.30 bits per heavy atom. The molecule has 0 bridgehead atoms. The molecule has 0 N–H and O–H groups in total. The summed E-state index contributed by atoms with van der Waals surface area (Å²) in [7, 11) is 0. The highest BCUT2D eigenvalue weighted by Crippen LogP contribution is 2.53. The first kappa shape index (κ1) is 6.71. The van der Waals surface area contributed by atoms with Crippen molar-refractivity contribution in [3.05, 3.63) is 0 Å². The van der Waals surface area contributed by atoms with Gasteiger partial charge >= 0.3 is 0 Å². The Morgan fingerprint density at radius 1 is 1.40 bits per heavy atom. The molecule has 1 nitrogen and oxygen atoms in total. The molecule has 1 spiro atoms. The molecule has 0 saturated heterocycles. The molecule has 2 rings (SSSR count). The number of hydrogen-bond acceptors (Lipinski definition) is 2. The van der Waals surface area contributed by atoms with Crippen molar-refractivity contribution in [2.75, 3.05) is 0 Å². The second kappa shape index (κ2) is 2.00. The topological polar surface area (TPSA) is 17.1 Å². The van der Waals surface area contributed by atoms with Crippen LogP contribution in [0.4, 0.5) is 0 Å². The minimum absolute atomic E-state index is 0.180. The maximum absolute atomic E-state index is 10.9. The van der Waals surface area contributed by atoms with Gasteiger partial charge < -0.3 is 0 Å². The molecule has 0 aromatic carbocycles. The van der Waals surface area contributed by atoms with Gasteiger partial charge in [0.25, 0.3) is 0 Å². The lowest BCUT2D eigenvalue weighted by atomic mass is 9.86. The maximum atomic E-state index is 10.9. The van der Waals surface area contributed by atoms with Gasteiger partial charge in [-0.2, -0.15) is 12.6 Å². The first-order chi connectivity index (χ1) is 4.73. The molecule has 2 saturated carbocycles. The Morgan fingerprint density at radius 2 is 1.90 bits per heavy atom. The monoisotopic (exact) mass is 156 g/mol. The molecule has 0 aromatic heterocycles. The minimum Gasteiger partial charge on any atom is -0.299 e. The number of hydrogen-bond donors (Lipinski definition) is 1. The van der Waals surface area contributed by atoms with Crippen molar-refractivity contribution in [2.24, 2.45) is 5.41 Å². The van der Waals surface area contributed by atoms with E-state index in [1.54, 1.807) is 0 Å². The van der Waals surface area contributed by atoms with Crippen LogP contribution >= 0.6 is 12.6 Å². The standard InChI is InChI=1S/C8H12OS/c9-7-5-8(7)3-1-6(10)2-4-8/h6,10H,1-5H2. The van der Waals surface area contributed by atoms with Crippen LogP contribution in [0.3, 0.4) is 0 Å². The lowest BCUT2D eigenvalue weighted by Gasteiger charge is -2.23. The summed E-state index contributed by atoms with van der Waals surface area (Å²) in [6.45, 7) is 0. The second-order valence-corrected chi connectivity index (χ2v) is 4.34. The van der Waals surface area contributed by atoms with Gasteiger partial charge in [0.05, 0.1) is 0 Å². The number of carbonyl (C=O) groups is 1. The zero-order valence-corrected chi connectivity index (χ0v) is 6.86. The third kappa shape index (κ3) is 0.895. The Balaban J connectivity index is 1.99. The van der Waals surface area contributed by atoms with Gasteiger partial charge in [-0.05, 0) is 25.7 Å². The molecule has 0 unspecified atom stereocenters. The van der Waals surface area contributed by atoms with Crippen LogP contribution < -0.4 is 0 Å². The van der Waals surface area contributed by atoms with Crippen molar-refractivity contribution in [1.82, 2.24) is 0 Å². The quantitative estimate of drug-likeness (QED) is 0.529. The van der Waals surface area contributed by atoms with Crippen LogP contribution in [0.5, 0.6) is 0 Å². The molecule has 56 valence electrons. The van der Waals surface area contributed by atoms with Gasteiger partial charge in [-0.15, -0.1) is 0 Å². The van der Waals surface area contributed by atoms with E-state index in [1.807, 2.05) is 0 Å². The van der Waals surface area contributed by atoms with Crippen LogP contribution in [-0.4, -0.2) is 11.0 Å².